The summed E-state index contributed by atoms with van der Waals surface area (Å²) in [5.74, 6) is 0.629. The summed E-state index contributed by atoms with van der Waals surface area (Å²) >= 11 is 1.28. The number of carbonyl (C=O) groups is 2. The zero-order valence-electron chi connectivity index (χ0n) is 18.3. The largest absolute Gasteiger partial charge is 0.497 e. The molecule has 0 bridgehead atoms. The van der Waals surface area contributed by atoms with E-state index in [4.69, 9.17) is 9.47 Å². The van der Waals surface area contributed by atoms with Gasteiger partial charge in [-0.3, -0.25) is 14.9 Å². The maximum absolute atomic E-state index is 12.7. The third kappa shape index (κ3) is 4.29. The minimum Gasteiger partial charge on any atom is -0.497 e. The Morgan fingerprint density at radius 2 is 1.91 bits per heavy atom. The number of benzene rings is 2. The molecular weight excluding hydrogens is 428 g/mol. The first-order valence-corrected chi connectivity index (χ1v) is 11.0. The Balaban J connectivity index is 1.47. The first-order chi connectivity index (χ1) is 15.4. The lowest BCUT2D eigenvalue weighted by Gasteiger charge is -2.17. The number of anilines is 2. The van der Waals surface area contributed by atoms with Crippen molar-refractivity contribution in [2.24, 2.45) is 0 Å². The lowest BCUT2D eigenvalue weighted by atomic mass is 10.1. The lowest BCUT2D eigenvalue weighted by molar-refractivity contribution is -0.117. The van der Waals surface area contributed by atoms with Gasteiger partial charge in [0.1, 0.15) is 16.5 Å². The number of methoxy groups -OCH3 is 2. The molecule has 2 aromatic carbocycles. The summed E-state index contributed by atoms with van der Waals surface area (Å²) in [6, 6.07) is 11.0. The first-order valence-electron chi connectivity index (χ1n) is 10.1. The van der Waals surface area contributed by atoms with Gasteiger partial charge in [0, 0.05) is 30.6 Å². The second-order valence-corrected chi connectivity index (χ2v) is 8.65. The van der Waals surface area contributed by atoms with Crippen molar-refractivity contribution in [3.8, 4) is 11.5 Å². The fourth-order valence-electron chi connectivity index (χ4n) is 3.62. The summed E-state index contributed by atoms with van der Waals surface area (Å²) in [6.07, 6.45) is 0.363. The van der Waals surface area contributed by atoms with Gasteiger partial charge in [0.2, 0.25) is 11.0 Å². The molecule has 2 heterocycles. The van der Waals surface area contributed by atoms with Crippen LogP contribution in [-0.4, -0.2) is 42.8 Å². The lowest BCUT2D eigenvalue weighted by Crippen LogP contribution is -2.24. The van der Waals surface area contributed by atoms with Crippen LogP contribution in [0.3, 0.4) is 0 Å². The Labute approximate surface area is 190 Å². The van der Waals surface area contributed by atoms with Crippen LogP contribution in [0.4, 0.5) is 10.8 Å². The average molecular weight is 453 g/mol. The molecule has 0 spiro atoms. The predicted molar refractivity (Wildman–Crippen MR) is 123 cm³/mol. The van der Waals surface area contributed by atoms with Crippen LogP contribution in [0, 0.1) is 13.8 Å². The maximum atomic E-state index is 12.7. The van der Waals surface area contributed by atoms with Crippen LogP contribution >= 0.6 is 11.3 Å². The van der Waals surface area contributed by atoms with Crippen LogP contribution in [0.15, 0.2) is 36.4 Å². The van der Waals surface area contributed by atoms with Crippen molar-refractivity contribution < 1.29 is 19.1 Å². The van der Waals surface area contributed by atoms with Crippen molar-refractivity contribution >= 4 is 34.0 Å². The van der Waals surface area contributed by atoms with Crippen molar-refractivity contribution in [1.82, 2.24) is 10.2 Å². The number of nitrogens with one attached hydrogen (secondary N) is 1. The molecule has 1 N–H and O–H groups in total. The molecule has 2 amide bonds. The van der Waals surface area contributed by atoms with Crippen LogP contribution in [0.25, 0.3) is 0 Å². The number of aryl methyl sites for hydroxylation is 2. The molecule has 0 aliphatic carbocycles. The van der Waals surface area contributed by atoms with E-state index < -0.39 is 0 Å². The topological polar surface area (TPSA) is 93.7 Å². The third-order valence-corrected chi connectivity index (χ3v) is 6.59. The molecule has 4 rings (SSSR count). The summed E-state index contributed by atoms with van der Waals surface area (Å²) < 4.78 is 10.5. The molecule has 8 nitrogen and oxygen atoms in total. The molecule has 1 aromatic heterocycles. The smallest absolute Gasteiger partial charge is 0.261 e. The van der Waals surface area contributed by atoms with Gasteiger partial charge < -0.3 is 14.4 Å². The molecule has 32 heavy (non-hydrogen) atoms. The Morgan fingerprint density at radius 3 is 2.62 bits per heavy atom. The van der Waals surface area contributed by atoms with Gasteiger partial charge in [0.25, 0.3) is 5.91 Å². The summed E-state index contributed by atoms with van der Waals surface area (Å²) in [4.78, 5) is 27.1. The quantitative estimate of drug-likeness (QED) is 0.609. The van der Waals surface area contributed by atoms with E-state index in [1.807, 2.05) is 32.0 Å². The third-order valence-electron chi connectivity index (χ3n) is 5.59. The normalized spacial score (nSPS) is 15.7. The summed E-state index contributed by atoms with van der Waals surface area (Å²) in [5, 5.41) is 12.2. The highest BCUT2D eigenvalue weighted by Crippen LogP contribution is 2.35. The highest BCUT2D eigenvalue weighted by molar-refractivity contribution is 7.15. The van der Waals surface area contributed by atoms with Crippen LogP contribution in [-0.2, 0) is 4.79 Å². The van der Waals surface area contributed by atoms with Gasteiger partial charge in [-0.2, -0.15) is 0 Å². The highest BCUT2D eigenvalue weighted by atomic mass is 32.1. The van der Waals surface area contributed by atoms with E-state index in [-0.39, 0.29) is 17.7 Å². The zero-order chi connectivity index (χ0) is 22.8. The van der Waals surface area contributed by atoms with Gasteiger partial charge in [-0.05, 0) is 49.2 Å². The van der Waals surface area contributed by atoms with Crippen LogP contribution in [0.2, 0.25) is 0 Å². The molecule has 1 fully saturated rings. The molecule has 0 radical (unpaired) electrons. The zero-order valence-corrected chi connectivity index (χ0v) is 19.2. The minimum absolute atomic E-state index is 0.0574. The number of rotatable bonds is 6. The number of hydrogen-bond acceptors (Lipinski definition) is 7. The summed E-state index contributed by atoms with van der Waals surface area (Å²) in [6.45, 7) is 4.62. The van der Waals surface area contributed by atoms with Gasteiger partial charge >= 0.3 is 0 Å². The molecule has 0 saturated carbocycles. The molecule has 1 atom stereocenters. The number of ether oxygens (including phenoxy) is 2. The predicted octanol–water partition coefficient (Wildman–Crippen LogP) is 3.94. The SMILES string of the molecule is COc1ccc(C(=O)Nc2nnc([C@@H]3CC(=O)N(c4ccc(C)c(C)c4)C3)s2)c(OC)c1. The average Bonchev–Trinajstić information content (AvgIpc) is 3.41. The monoisotopic (exact) mass is 452 g/mol. The van der Waals surface area contributed by atoms with Crippen molar-refractivity contribution in [2.75, 3.05) is 31.0 Å². The van der Waals surface area contributed by atoms with Crippen LogP contribution in [0.1, 0.15) is 38.8 Å². The molecule has 0 unspecified atom stereocenters. The maximum Gasteiger partial charge on any atom is 0.261 e. The van der Waals surface area contributed by atoms with E-state index in [1.165, 1.54) is 24.0 Å². The number of aromatic nitrogens is 2. The summed E-state index contributed by atoms with van der Waals surface area (Å²) in [7, 11) is 3.04. The van der Waals surface area contributed by atoms with E-state index >= 15 is 0 Å². The van der Waals surface area contributed by atoms with Gasteiger partial charge in [-0.1, -0.05) is 17.4 Å². The van der Waals surface area contributed by atoms with Gasteiger partial charge in [-0.25, -0.2) is 0 Å². The Hall–Kier alpha value is -3.46. The Bertz CT molecular complexity index is 1180. The highest BCUT2D eigenvalue weighted by Gasteiger charge is 2.34. The van der Waals surface area contributed by atoms with Crippen molar-refractivity contribution in [3.05, 3.63) is 58.1 Å². The number of nitrogens with zero attached hydrogens (tertiary/aromatic N) is 3. The molecule has 1 aliphatic rings. The first kappa shape index (κ1) is 21.8. The summed E-state index contributed by atoms with van der Waals surface area (Å²) in [5.41, 5.74) is 3.59. The molecule has 3 aromatic rings. The standard InChI is InChI=1S/C23H24N4O4S/c1-13-5-6-16(9-14(13)2)27-12-15(10-20(27)28)22-25-26-23(32-22)24-21(29)18-8-7-17(30-3)11-19(18)31-4/h5-9,11,15H,10,12H2,1-4H3,(H,24,26,29)/t15-/m1/s1. The van der Waals surface area contributed by atoms with Crippen molar-refractivity contribution in [1.29, 1.82) is 0 Å². The molecule has 166 valence electrons. The fourth-order valence-corrected chi connectivity index (χ4v) is 4.45. The van der Waals surface area contributed by atoms with E-state index in [0.717, 1.165) is 16.3 Å². The fraction of sp³-hybridized carbons (Fsp3) is 0.304. The molecule has 9 heteroatoms. The van der Waals surface area contributed by atoms with E-state index in [2.05, 4.69) is 15.5 Å². The van der Waals surface area contributed by atoms with Crippen LogP contribution in [0.5, 0.6) is 11.5 Å². The molecule has 1 saturated heterocycles. The van der Waals surface area contributed by atoms with E-state index in [0.29, 0.717) is 35.2 Å². The van der Waals surface area contributed by atoms with Crippen molar-refractivity contribution in [2.45, 2.75) is 26.2 Å². The van der Waals surface area contributed by atoms with Crippen LogP contribution < -0.4 is 19.7 Å². The number of hydrogen-bond donors (Lipinski definition) is 1. The van der Waals surface area contributed by atoms with Crippen molar-refractivity contribution in [3.63, 3.8) is 0 Å². The van der Waals surface area contributed by atoms with E-state index in [1.54, 1.807) is 30.2 Å². The van der Waals surface area contributed by atoms with Gasteiger partial charge in [0.15, 0.2) is 0 Å². The van der Waals surface area contributed by atoms with Gasteiger partial charge in [-0.15, -0.1) is 10.2 Å². The Morgan fingerprint density at radius 1 is 1.09 bits per heavy atom. The second-order valence-electron chi connectivity index (χ2n) is 7.64. The van der Waals surface area contributed by atoms with Gasteiger partial charge in [0.05, 0.1) is 19.8 Å². The molecule has 1 aliphatic heterocycles. The minimum atomic E-state index is -0.355. The number of carbonyl (C=O) groups excluding carboxylic acids is 2. The second kappa shape index (κ2) is 8.96. The van der Waals surface area contributed by atoms with E-state index in [9.17, 15) is 9.59 Å². The Kier molecular flexibility index (Phi) is 6.09. The molecular formula is C23H24N4O4S. The number of amides is 2.